The van der Waals surface area contributed by atoms with Crippen LogP contribution in [0.1, 0.15) is 30.6 Å². The SMILES string of the molecule is CC(C)C[C@H](N)C(=O)Nc1c(C(=O)O)cnn1C. The van der Waals surface area contributed by atoms with Crippen LogP contribution < -0.4 is 11.1 Å². The van der Waals surface area contributed by atoms with E-state index < -0.39 is 17.9 Å². The van der Waals surface area contributed by atoms with Crippen LogP contribution in [0, 0.1) is 5.92 Å². The third-order valence-electron chi connectivity index (χ3n) is 2.47. The first-order chi connectivity index (χ1) is 8.32. The van der Waals surface area contributed by atoms with Gasteiger partial charge in [0.1, 0.15) is 11.4 Å². The van der Waals surface area contributed by atoms with E-state index in [-0.39, 0.29) is 17.3 Å². The zero-order valence-corrected chi connectivity index (χ0v) is 10.7. The molecule has 7 nitrogen and oxygen atoms in total. The Labute approximate surface area is 105 Å². The van der Waals surface area contributed by atoms with Gasteiger partial charge >= 0.3 is 5.97 Å². The first-order valence-electron chi connectivity index (χ1n) is 5.64. The standard InChI is InChI=1S/C11H18N4O3/c1-6(2)4-8(12)10(16)14-9-7(11(17)18)5-13-15(9)3/h5-6,8H,4,12H2,1-3H3,(H,14,16)(H,17,18)/t8-/m0/s1. The molecule has 0 fully saturated rings. The van der Waals surface area contributed by atoms with Gasteiger partial charge in [0.25, 0.3) is 0 Å². The lowest BCUT2D eigenvalue weighted by atomic mass is 10.0. The largest absolute Gasteiger partial charge is 0.477 e. The molecular weight excluding hydrogens is 236 g/mol. The molecule has 18 heavy (non-hydrogen) atoms. The van der Waals surface area contributed by atoms with Gasteiger partial charge in [-0.25, -0.2) is 4.79 Å². The van der Waals surface area contributed by atoms with Crippen LogP contribution >= 0.6 is 0 Å². The van der Waals surface area contributed by atoms with Crippen molar-refractivity contribution in [3.8, 4) is 0 Å². The monoisotopic (exact) mass is 254 g/mol. The van der Waals surface area contributed by atoms with Crippen molar-refractivity contribution in [1.29, 1.82) is 0 Å². The van der Waals surface area contributed by atoms with Crippen LogP contribution in [0.15, 0.2) is 6.20 Å². The minimum Gasteiger partial charge on any atom is -0.477 e. The Morgan fingerprint density at radius 1 is 1.56 bits per heavy atom. The number of aromatic nitrogens is 2. The Morgan fingerprint density at radius 2 is 2.17 bits per heavy atom. The molecule has 100 valence electrons. The lowest BCUT2D eigenvalue weighted by Crippen LogP contribution is -2.37. The summed E-state index contributed by atoms with van der Waals surface area (Å²) in [6, 6.07) is -0.665. The van der Waals surface area contributed by atoms with Gasteiger partial charge in [0.2, 0.25) is 5.91 Å². The molecule has 0 aliphatic carbocycles. The van der Waals surface area contributed by atoms with E-state index in [0.717, 1.165) is 0 Å². The van der Waals surface area contributed by atoms with Crippen molar-refractivity contribution in [3.05, 3.63) is 11.8 Å². The number of carboxylic acid groups (broad SMARTS) is 1. The molecule has 1 aromatic rings. The number of nitrogens with zero attached hydrogens (tertiary/aromatic N) is 2. The summed E-state index contributed by atoms with van der Waals surface area (Å²) < 4.78 is 1.30. The van der Waals surface area contributed by atoms with Crippen molar-refractivity contribution in [2.75, 3.05) is 5.32 Å². The fourth-order valence-electron chi connectivity index (χ4n) is 1.57. The molecule has 1 heterocycles. The normalized spacial score (nSPS) is 12.5. The van der Waals surface area contributed by atoms with Crippen LogP contribution in [0.3, 0.4) is 0 Å². The van der Waals surface area contributed by atoms with Gasteiger partial charge < -0.3 is 16.2 Å². The van der Waals surface area contributed by atoms with Gasteiger partial charge in [-0.05, 0) is 12.3 Å². The molecule has 1 amide bonds. The molecule has 0 aliphatic heterocycles. The van der Waals surface area contributed by atoms with E-state index in [1.165, 1.54) is 10.9 Å². The third-order valence-corrected chi connectivity index (χ3v) is 2.47. The van der Waals surface area contributed by atoms with Gasteiger partial charge in [-0.2, -0.15) is 5.10 Å². The lowest BCUT2D eigenvalue weighted by Gasteiger charge is -2.14. The first kappa shape index (κ1) is 14.2. The van der Waals surface area contributed by atoms with Crippen LogP contribution in [0.5, 0.6) is 0 Å². The molecule has 0 saturated heterocycles. The van der Waals surface area contributed by atoms with Crippen LogP contribution in [0.4, 0.5) is 5.82 Å². The second-order valence-corrected chi connectivity index (χ2v) is 4.56. The number of carbonyl (C=O) groups is 2. The van der Waals surface area contributed by atoms with Crippen molar-refractivity contribution in [1.82, 2.24) is 9.78 Å². The fraction of sp³-hybridized carbons (Fsp3) is 0.545. The Hall–Kier alpha value is -1.89. The smallest absolute Gasteiger partial charge is 0.341 e. The molecule has 4 N–H and O–H groups in total. The summed E-state index contributed by atoms with van der Waals surface area (Å²) in [6.45, 7) is 3.92. The highest BCUT2D eigenvalue weighted by molar-refractivity contribution is 6.00. The number of aryl methyl sites for hydroxylation is 1. The predicted octanol–water partition coefficient (Wildman–Crippen LogP) is 0.430. The molecule has 0 aromatic carbocycles. The first-order valence-corrected chi connectivity index (χ1v) is 5.64. The highest BCUT2D eigenvalue weighted by atomic mass is 16.4. The molecule has 0 radical (unpaired) electrons. The number of rotatable bonds is 5. The average Bonchev–Trinajstić information content (AvgIpc) is 2.59. The van der Waals surface area contributed by atoms with Crippen LogP contribution in [-0.2, 0) is 11.8 Å². The van der Waals surface area contributed by atoms with Gasteiger partial charge in [-0.3, -0.25) is 9.48 Å². The maximum atomic E-state index is 11.8. The van der Waals surface area contributed by atoms with Gasteiger partial charge in [-0.15, -0.1) is 0 Å². The van der Waals surface area contributed by atoms with E-state index in [1.807, 2.05) is 13.8 Å². The number of anilines is 1. The molecule has 0 aliphatic rings. The number of nitrogens with two attached hydrogens (primary N) is 1. The number of hydrogen-bond donors (Lipinski definition) is 3. The predicted molar refractivity (Wildman–Crippen MR) is 66.2 cm³/mol. The van der Waals surface area contributed by atoms with E-state index in [0.29, 0.717) is 6.42 Å². The Bertz CT molecular complexity index is 453. The quantitative estimate of drug-likeness (QED) is 0.705. The van der Waals surface area contributed by atoms with Crippen molar-refractivity contribution in [2.24, 2.45) is 18.7 Å². The zero-order valence-electron chi connectivity index (χ0n) is 10.7. The van der Waals surface area contributed by atoms with Crippen molar-refractivity contribution < 1.29 is 14.7 Å². The summed E-state index contributed by atoms with van der Waals surface area (Å²) >= 11 is 0. The van der Waals surface area contributed by atoms with E-state index in [2.05, 4.69) is 10.4 Å². The maximum Gasteiger partial charge on any atom is 0.341 e. The van der Waals surface area contributed by atoms with Crippen LogP contribution in [0.2, 0.25) is 0 Å². The third kappa shape index (κ3) is 3.30. The molecule has 0 bridgehead atoms. The van der Waals surface area contributed by atoms with Gasteiger partial charge in [0.05, 0.1) is 12.2 Å². The zero-order chi connectivity index (χ0) is 13.9. The summed E-state index contributed by atoms with van der Waals surface area (Å²) in [5.74, 6) is -1.12. The van der Waals surface area contributed by atoms with E-state index in [9.17, 15) is 9.59 Å². The number of aromatic carboxylic acids is 1. The van der Waals surface area contributed by atoms with Crippen molar-refractivity contribution in [3.63, 3.8) is 0 Å². The van der Waals surface area contributed by atoms with Crippen LogP contribution in [-0.4, -0.2) is 32.8 Å². The van der Waals surface area contributed by atoms with Gasteiger partial charge in [-0.1, -0.05) is 13.8 Å². The summed E-state index contributed by atoms with van der Waals surface area (Å²) in [5, 5.41) is 15.2. The Morgan fingerprint density at radius 3 is 2.67 bits per heavy atom. The minimum atomic E-state index is -1.14. The van der Waals surface area contributed by atoms with E-state index in [1.54, 1.807) is 7.05 Å². The highest BCUT2D eigenvalue weighted by Gasteiger charge is 2.21. The van der Waals surface area contributed by atoms with Crippen LogP contribution in [0.25, 0.3) is 0 Å². The molecule has 0 unspecified atom stereocenters. The number of carboxylic acids is 1. The van der Waals surface area contributed by atoms with E-state index in [4.69, 9.17) is 10.8 Å². The lowest BCUT2D eigenvalue weighted by molar-refractivity contribution is -0.117. The molecule has 1 rings (SSSR count). The Balaban J connectivity index is 2.81. The summed E-state index contributed by atoms with van der Waals surface area (Å²) in [5.41, 5.74) is 5.67. The topological polar surface area (TPSA) is 110 Å². The number of hydrogen-bond acceptors (Lipinski definition) is 4. The number of amides is 1. The maximum absolute atomic E-state index is 11.8. The Kier molecular flexibility index (Phi) is 4.43. The molecule has 1 aromatic heterocycles. The highest BCUT2D eigenvalue weighted by Crippen LogP contribution is 2.14. The summed E-state index contributed by atoms with van der Waals surface area (Å²) in [4.78, 5) is 22.7. The molecular formula is C11H18N4O3. The van der Waals surface area contributed by atoms with Crippen molar-refractivity contribution >= 4 is 17.7 Å². The fourth-order valence-corrected chi connectivity index (χ4v) is 1.57. The molecule has 1 atom stereocenters. The summed E-state index contributed by atoms with van der Waals surface area (Å²) in [7, 11) is 1.55. The number of nitrogens with one attached hydrogen (secondary N) is 1. The molecule has 7 heteroatoms. The van der Waals surface area contributed by atoms with Gasteiger partial charge in [0.15, 0.2) is 0 Å². The van der Waals surface area contributed by atoms with E-state index >= 15 is 0 Å². The van der Waals surface area contributed by atoms with Gasteiger partial charge in [0, 0.05) is 7.05 Å². The number of carbonyl (C=O) groups excluding carboxylic acids is 1. The van der Waals surface area contributed by atoms with Crippen molar-refractivity contribution in [2.45, 2.75) is 26.3 Å². The molecule has 0 spiro atoms. The second kappa shape index (κ2) is 5.63. The second-order valence-electron chi connectivity index (χ2n) is 4.56. The average molecular weight is 254 g/mol. The minimum absolute atomic E-state index is 0.0532. The summed E-state index contributed by atoms with van der Waals surface area (Å²) in [6.07, 6.45) is 1.72. The molecule has 0 saturated carbocycles.